The highest BCUT2D eigenvalue weighted by Gasteiger charge is 2.36. The first kappa shape index (κ1) is 17.6. The van der Waals surface area contributed by atoms with Crippen LogP contribution in [0.4, 0.5) is 0 Å². The fraction of sp³-hybridized carbons (Fsp3) is 0.588. The predicted molar refractivity (Wildman–Crippen MR) is 92.6 cm³/mol. The molecule has 1 aromatic carbocycles. The normalized spacial score (nSPS) is 18.5. The van der Waals surface area contributed by atoms with Gasteiger partial charge in [-0.05, 0) is 62.8 Å². The lowest BCUT2D eigenvalue weighted by molar-refractivity contribution is -0.133. The van der Waals surface area contributed by atoms with Gasteiger partial charge < -0.3 is 10.2 Å². The summed E-state index contributed by atoms with van der Waals surface area (Å²) in [5, 5.41) is 4.05. The topological polar surface area (TPSA) is 32.3 Å². The van der Waals surface area contributed by atoms with Gasteiger partial charge in [0.2, 0.25) is 5.91 Å². The summed E-state index contributed by atoms with van der Waals surface area (Å²) in [4.78, 5) is 14.6. The van der Waals surface area contributed by atoms with Crippen LogP contribution in [0.3, 0.4) is 0 Å². The number of hydrogen-bond donors (Lipinski definition) is 1. The molecule has 1 aromatic rings. The van der Waals surface area contributed by atoms with Gasteiger partial charge in [-0.15, -0.1) is 12.4 Å². The summed E-state index contributed by atoms with van der Waals surface area (Å²) in [5.74, 6) is 1.03. The van der Waals surface area contributed by atoms with E-state index in [0.29, 0.717) is 12.6 Å². The van der Waals surface area contributed by atoms with Crippen molar-refractivity contribution in [2.24, 2.45) is 5.92 Å². The Morgan fingerprint density at radius 3 is 2.45 bits per heavy atom. The lowest BCUT2D eigenvalue weighted by Crippen LogP contribution is -2.41. The highest BCUT2D eigenvalue weighted by atomic mass is 35.5. The van der Waals surface area contributed by atoms with Gasteiger partial charge >= 0.3 is 0 Å². The zero-order chi connectivity index (χ0) is 14.8. The number of hydrogen-bond acceptors (Lipinski definition) is 2. The average Bonchev–Trinajstić information content (AvgIpc) is 3.34. The van der Waals surface area contributed by atoms with Crippen molar-refractivity contribution in [3.8, 4) is 0 Å². The SMILES string of the molecule is CC(c1ccc(Cl)cc1)N(C(=O)CNCC1CC1)C1CC1.Cl. The molecule has 3 rings (SSSR count). The summed E-state index contributed by atoms with van der Waals surface area (Å²) in [7, 11) is 0. The van der Waals surface area contributed by atoms with Crippen LogP contribution in [0.2, 0.25) is 5.02 Å². The number of benzene rings is 1. The zero-order valence-corrected chi connectivity index (χ0v) is 14.5. The largest absolute Gasteiger partial charge is 0.332 e. The molecule has 2 aliphatic rings. The van der Waals surface area contributed by atoms with Crippen LogP contribution in [0.1, 0.15) is 44.2 Å². The minimum absolute atomic E-state index is 0. The molecule has 2 fully saturated rings. The second kappa shape index (κ2) is 7.67. The number of nitrogens with one attached hydrogen (secondary N) is 1. The van der Waals surface area contributed by atoms with E-state index < -0.39 is 0 Å². The third-order valence-electron chi connectivity index (χ3n) is 4.40. The molecule has 122 valence electrons. The standard InChI is InChI=1S/C17H23ClN2O.ClH/c1-12(14-4-6-15(18)7-5-14)20(16-8-9-16)17(21)11-19-10-13-2-3-13;/h4-7,12-13,16,19H,2-3,8-11H2,1H3;1H. The van der Waals surface area contributed by atoms with Crippen LogP contribution in [0, 0.1) is 5.92 Å². The molecule has 22 heavy (non-hydrogen) atoms. The summed E-state index contributed by atoms with van der Waals surface area (Å²) < 4.78 is 0. The highest BCUT2D eigenvalue weighted by Crippen LogP contribution is 2.34. The van der Waals surface area contributed by atoms with Gasteiger partial charge in [0.05, 0.1) is 12.6 Å². The van der Waals surface area contributed by atoms with E-state index in [9.17, 15) is 4.79 Å². The smallest absolute Gasteiger partial charge is 0.237 e. The van der Waals surface area contributed by atoms with Crippen LogP contribution in [0.15, 0.2) is 24.3 Å². The number of carbonyl (C=O) groups excluding carboxylic acids is 1. The third-order valence-corrected chi connectivity index (χ3v) is 4.66. The molecule has 1 amide bonds. The Hall–Kier alpha value is -0.770. The molecule has 3 nitrogen and oxygen atoms in total. The second-order valence-electron chi connectivity index (χ2n) is 6.33. The van der Waals surface area contributed by atoms with Crippen LogP contribution in [-0.4, -0.2) is 29.9 Å². The fourth-order valence-corrected chi connectivity index (χ4v) is 2.91. The molecular weight excluding hydrogens is 319 g/mol. The number of halogens is 2. The van der Waals surface area contributed by atoms with Crippen LogP contribution in [0.25, 0.3) is 0 Å². The molecule has 1 unspecified atom stereocenters. The maximum absolute atomic E-state index is 12.5. The average molecular weight is 343 g/mol. The zero-order valence-electron chi connectivity index (χ0n) is 12.9. The second-order valence-corrected chi connectivity index (χ2v) is 6.77. The highest BCUT2D eigenvalue weighted by molar-refractivity contribution is 6.30. The molecule has 1 N–H and O–H groups in total. The van der Waals surface area contributed by atoms with E-state index in [1.807, 2.05) is 24.3 Å². The van der Waals surface area contributed by atoms with Crippen LogP contribution < -0.4 is 5.32 Å². The van der Waals surface area contributed by atoms with Gasteiger partial charge in [-0.25, -0.2) is 0 Å². The van der Waals surface area contributed by atoms with Gasteiger partial charge in [-0.1, -0.05) is 23.7 Å². The molecule has 0 spiro atoms. The fourth-order valence-electron chi connectivity index (χ4n) is 2.79. The van der Waals surface area contributed by atoms with Gasteiger partial charge in [0.15, 0.2) is 0 Å². The van der Waals surface area contributed by atoms with Crippen molar-refractivity contribution in [1.29, 1.82) is 0 Å². The number of nitrogens with zero attached hydrogens (tertiary/aromatic N) is 1. The summed E-state index contributed by atoms with van der Waals surface area (Å²) in [5.41, 5.74) is 1.15. The Bertz CT molecular complexity index is 498. The van der Waals surface area contributed by atoms with Crippen molar-refractivity contribution in [2.75, 3.05) is 13.1 Å². The number of rotatable bonds is 7. The molecule has 0 aromatic heterocycles. The monoisotopic (exact) mass is 342 g/mol. The Morgan fingerprint density at radius 2 is 1.91 bits per heavy atom. The lowest BCUT2D eigenvalue weighted by Gasteiger charge is -2.30. The van der Waals surface area contributed by atoms with Crippen molar-refractivity contribution in [1.82, 2.24) is 10.2 Å². The molecule has 0 radical (unpaired) electrons. The van der Waals surface area contributed by atoms with E-state index >= 15 is 0 Å². The van der Waals surface area contributed by atoms with E-state index in [-0.39, 0.29) is 24.4 Å². The maximum Gasteiger partial charge on any atom is 0.237 e. The molecule has 0 saturated heterocycles. The third kappa shape index (κ3) is 4.61. The molecular formula is C17H24Cl2N2O. The Balaban J connectivity index is 0.00000176. The summed E-state index contributed by atoms with van der Waals surface area (Å²) in [6.07, 6.45) is 4.89. The van der Waals surface area contributed by atoms with Gasteiger partial charge in [-0.2, -0.15) is 0 Å². The van der Waals surface area contributed by atoms with E-state index in [0.717, 1.165) is 35.9 Å². The van der Waals surface area contributed by atoms with Crippen molar-refractivity contribution in [3.05, 3.63) is 34.9 Å². The Labute approximate surface area is 143 Å². The summed E-state index contributed by atoms with van der Waals surface area (Å²) >= 11 is 5.95. The molecule has 1 atom stereocenters. The molecule has 0 heterocycles. The molecule has 5 heteroatoms. The van der Waals surface area contributed by atoms with Crippen LogP contribution >= 0.6 is 24.0 Å². The van der Waals surface area contributed by atoms with Gasteiger partial charge in [0, 0.05) is 11.1 Å². The lowest BCUT2D eigenvalue weighted by atomic mass is 10.1. The van der Waals surface area contributed by atoms with Gasteiger partial charge in [0.25, 0.3) is 0 Å². The van der Waals surface area contributed by atoms with E-state index in [1.165, 1.54) is 12.8 Å². The Morgan fingerprint density at radius 1 is 1.27 bits per heavy atom. The quantitative estimate of drug-likeness (QED) is 0.816. The van der Waals surface area contributed by atoms with Crippen molar-refractivity contribution >= 4 is 29.9 Å². The first-order chi connectivity index (χ1) is 10.1. The van der Waals surface area contributed by atoms with Crippen LogP contribution in [0.5, 0.6) is 0 Å². The van der Waals surface area contributed by atoms with Crippen molar-refractivity contribution < 1.29 is 4.79 Å². The number of amides is 1. The molecule has 0 aliphatic heterocycles. The van der Waals surface area contributed by atoms with E-state index in [4.69, 9.17) is 11.6 Å². The minimum atomic E-state index is 0. The first-order valence-electron chi connectivity index (χ1n) is 7.92. The van der Waals surface area contributed by atoms with Crippen LogP contribution in [-0.2, 0) is 4.79 Å². The van der Waals surface area contributed by atoms with Crippen molar-refractivity contribution in [2.45, 2.75) is 44.7 Å². The molecule has 2 saturated carbocycles. The number of carbonyl (C=O) groups is 1. The maximum atomic E-state index is 12.5. The van der Waals surface area contributed by atoms with Gasteiger partial charge in [0.1, 0.15) is 0 Å². The summed E-state index contributed by atoms with van der Waals surface area (Å²) in [6.45, 7) is 3.56. The predicted octanol–water partition coefficient (Wildman–Crippen LogP) is 3.81. The molecule has 0 bridgehead atoms. The first-order valence-corrected chi connectivity index (χ1v) is 8.30. The molecule has 2 aliphatic carbocycles. The van der Waals surface area contributed by atoms with Gasteiger partial charge in [-0.3, -0.25) is 4.79 Å². The Kier molecular flexibility index (Phi) is 6.13. The summed E-state index contributed by atoms with van der Waals surface area (Å²) in [6, 6.07) is 8.37. The van der Waals surface area contributed by atoms with Crippen molar-refractivity contribution in [3.63, 3.8) is 0 Å². The van der Waals surface area contributed by atoms with E-state index in [2.05, 4.69) is 17.1 Å². The minimum Gasteiger partial charge on any atom is -0.332 e. The van der Waals surface area contributed by atoms with E-state index in [1.54, 1.807) is 0 Å².